The van der Waals surface area contributed by atoms with Crippen molar-refractivity contribution in [3.63, 3.8) is 0 Å². The van der Waals surface area contributed by atoms with E-state index in [1.165, 1.54) is 0 Å². The molecule has 4 rings (SSSR count). The van der Waals surface area contributed by atoms with Crippen molar-refractivity contribution in [1.29, 1.82) is 0 Å². The molecule has 2 heterocycles. The van der Waals surface area contributed by atoms with Gasteiger partial charge < -0.3 is 10.6 Å². The standard InChI is InChI=1S/C20H21N5OS/c1-13-12-21-19(27-13)18(14-10-11-14)25-20(26)24-17-9-5-8-16(23-17)22-15-6-3-2-4-7-15/h2-9,12,14,18H,10-11H2,1H3,(H3,22,23,24,25,26). The molecule has 1 aliphatic rings. The van der Waals surface area contributed by atoms with E-state index in [0.717, 1.165) is 28.4 Å². The van der Waals surface area contributed by atoms with Gasteiger partial charge in [-0.15, -0.1) is 11.3 Å². The van der Waals surface area contributed by atoms with Gasteiger partial charge in [-0.1, -0.05) is 24.3 Å². The van der Waals surface area contributed by atoms with E-state index in [4.69, 9.17) is 0 Å². The third-order valence-corrected chi connectivity index (χ3v) is 5.32. The Morgan fingerprint density at radius 2 is 1.89 bits per heavy atom. The van der Waals surface area contributed by atoms with Crippen LogP contribution in [0.2, 0.25) is 0 Å². The lowest BCUT2D eigenvalue weighted by Gasteiger charge is -2.16. The zero-order valence-corrected chi connectivity index (χ0v) is 15.8. The van der Waals surface area contributed by atoms with Crippen LogP contribution in [0.15, 0.2) is 54.7 Å². The molecule has 1 aliphatic carbocycles. The van der Waals surface area contributed by atoms with Crippen LogP contribution >= 0.6 is 11.3 Å². The Morgan fingerprint density at radius 1 is 1.11 bits per heavy atom. The highest BCUT2D eigenvalue weighted by Gasteiger charge is 2.35. The zero-order chi connectivity index (χ0) is 18.6. The highest BCUT2D eigenvalue weighted by atomic mass is 32.1. The number of thiazole rings is 1. The Balaban J connectivity index is 1.41. The first kappa shape index (κ1) is 17.5. The Hall–Kier alpha value is -2.93. The number of benzene rings is 1. The van der Waals surface area contributed by atoms with Gasteiger partial charge in [-0.3, -0.25) is 5.32 Å². The van der Waals surface area contributed by atoms with E-state index in [0.29, 0.717) is 17.6 Å². The number of anilines is 3. The van der Waals surface area contributed by atoms with E-state index >= 15 is 0 Å². The molecular formula is C20H21N5OS. The van der Waals surface area contributed by atoms with E-state index < -0.39 is 0 Å². The summed E-state index contributed by atoms with van der Waals surface area (Å²) in [4.78, 5) is 22.6. The maximum Gasteiger partial charge on any atom is 0.320 e. The quantitative estimate of drug-likeness (QED) is 0.571. The number of nitrogens with one attached hydrogen (secondary N) is 3. The average molecular weight is 379 g/mol. The fourth-order valence-corrected chi connectivity index (χ4v) is 3.78. The van der Waals surface area contributed by atoms with E-state index in [-0.39, 0.29) is 12.1 Å². The topological polar surface area (TPSA) is 78.9 Å². The molecule has 2 aromatic heterocycles. The first-order valence-electron chi connectivity index (χ1n) is 8.96. The first-order chi connectivity index (χ1) is 13.2. The van der Waals surface area contributed by atoms with Crippen molar-refractivity contribution in [2.45, 2.75) is 25.8 Å². The van der Waals surface area contributed by atoms with Gasteiger partial charge in [0.15, 0.2) is 0 Å². The normalized spacial score (nSPS) is 14.4. The number of pyridine rings is 1. The largest absolute Gasteiger partial charge is 0.340 e. The number of aromatic nitrogens is 2. The van der Waals surface area contributed by atoms with Crippen molar-refractivity contribution in [3.8, 4) is 0 Å². The summed E-state index contributed by atoms with van der Waals surface area (Å²) in [5.74, 6) is 1.65. The molecule has 1 aromatic carbocycles. The summed E-state index contributed by atoms with van der Waals surface area (Å²) >= 11 is 1.64. The van der Waals surface area contributed by atoms with Gasteiger partial charge >= 0.3 is 6.03 Å². The predicted molar refractivity (Wildman–Crippen MR) is 108 cm³/mol. The molecule has 0 spiro atoms. The number of amides is 2. The van der Waals surface area contributed by atoms with Crippen LogP contribution in [0.3, 0.4) is 0 Å². The van der Waals surface area contributed by atoms with Crippen LogP contribution in [-0.4, -0.2) is 16.0 Å². The lowest BCUT2D eigenvalue weighted by molar-refractivity contribution is 0.247. The second kappa shape index (κ2) is 7.75. The van der Waals surface area contributed by atoms with Gasteiger partial charge in [0.2, 0.25) is 0 Å². The van der Waals surface area contributed by atoms with Gasteiger partial charge in [-0.25, -0.2) is 14.8 Å². The highest BCUT2D eigenvalue weighted by Crippen LogP contribution is 2.42. The van der Waals surface area contributed by atoms with Crippen molar-refractivity contribution < 1.29 is 4.79 Å². The molecule has 138 valence electrons. The highest BCUT2D eigenvalue weighted by molar-refractivity contribution is 7.11. The van der Waals surface area contributed by atoms with Crippen LogP contribution < -0.4 is 16.0 Å². The van der Waals surface area contributed by atoms with E-state index in [1.54, 1.807) is 17.4 Å². The third-order valence-electron chi connectivity index (χ3n) is 4.32. The summed E-state index contributed by atoms with van der Waals surface area (Å²) in [7, 11) is 0. The molecule has 6 nitrogen and oxygen atoms in total. The molecular weight excluding hydrogens is 358 g/mol. The maximum atomic E-state index is 12.5. The minimum absolute atomic E-state index is 0.0330. The number of hydrogen-bond donors (Lipinski definition) is 3. The Kier molecular flexibility index (Phi) is 5.02. The number of carbonyl (C=O) groups is 1. The van der Waals surface area contributed by atoms with Crippen molar-refractivity contribution in [2.75, 3.05) is 10.6 Å². The lowest BCUT2D eigenvalue weighted by atomic mass is 10.2. The van der Waals surface area contributed by atoms with Crippen LogP contribution in [0.1, 0.15) is 28.8 Å². The minimum Gasteiger partial charge on any atom is -0.340 e. The molecule has 0 saturated heterocycles. The number of rotatable bonds is 6. The summed E-state index contributed by atoms with van der Waals surface area (Å²) in [6, 6.07) is 15.0. The fourth-order valence-electron chi connectivity index (χ4n) is 2.86. The van der Waals surface area contributed by atoms with Crippen molar-refractivity contribution in [2.24, 2.45) is 5.92 Å². The number of hydrogen-bond acceptors (Lipinski definition) is 5. The Labute approximate surface area is 162 Å². The molecule has 3 aromatic rings. The molecule has 3 N–H and O–H groups in total. The number of urea groups is 1. The Morgan fingerprint density at radius 3 is 2.59 bits per heavy atom. The smallest absolute Gasteiger partial charge is 0.320 e. The maximum absolute atomic E-state index is 12.5. The average Bonchev–Trinajstić information content (AvgIpc) is 3.41. The molecule has 2 amide bonds. The van der Waals surface area contributed by atoms with E-state index in [1.807, 2.05) is 55.6 Å². The van der Waals surface area contributed by atoms with E-state index in [2.05, 4.69) is 25.9 Å². The minimum atomic E-state index is -0.260. The zero-order valence-electron chi connectivity index (χ0n) is 15.0. The van der Waals surface area contributed by atoms with Crippen molar-refractivity contribution in [3.05, 3.63) is 64.6 Å². The Bertz CT molecular complexity index is 923. The second-order valence-electron chi connectivity index (χ2n) is 6.62. The van der Waals surface area contributed by atoms with Gasteiger partial charge in [0.05, 0.1) is 6.04 Å². The first-order valence-corrected chi connectivity index (χ1v) is 9.78. The van der Waals surface area contributed by atoms with Crippen LogP contribution in [0.5, 0.6) is 0 Å². The molecule has 1 saturated carbocycles. The molecule has 7 heteroatoms. The fraction of sp³-hybridized carbons (Fsp3) is 0.250. The van der Waals surface area contributed by atoms with Gasteiger partial charge in [-0.2, -0.15) is 0 Å². The summed E-state index contributed by atoms with van der Waals surface area (Å²) in [6.45, 7) is 2.03. The second-order valence-corrected chi connectivity index (χ2v) is 7.89. The molecule has 0 aliphatic heterocycles. The van der Waals surface area contributed by atoms with Crippen molar-refractivity contribution >= 4 is 34.7 Å². The van der Waals surface area contributed by atoms with Gasteiger partial charge in [0, 0.05) is 16.8 Å². The summed E-state index contributed by atoms with van der Waals surface area (Å²) in [5, 5.41) is 10.1. The van der Waals surface area contributed by atoms with Crippen LogP contribution in [0.25, 0.3) is 0 Å². The summed E-state index contributed by atoms with van der Waals surface area (Å²) in [5.41, 5.74) is 0.944. The monoisotopic (exact) mass is 379 g/mol. The summed E-state index contributed by atoms with van der Waals surface area (Å²) < 4.78 is 0. The van der Waals surface area contributed by atoms with Crippen LogP contribution in [0.4, 0.5) is 22.1 Å². The molecule has 1 fully saturated rings. The number of carbonyl (C=O) groups excluding carboxylic acids is 1. The van der Waals surface area contributed by atoms with Crippen LogP contribution in [0, 0.1) is 12.8 Å². The molecule has 27 heavy (non-hydrogen) atoms. The molecule has 1 atom stereocenters. The molecule has 1 unspecified atom stereocenters. The van der Waals surface area contributed by atoms with Gasteiger partial charge in [0.25, 0.3) is 0 Å². The van der Waals surface area contributed by atoms with Gasteiger partial charge in [0.1, 0.15) is 16.6 Å². The van der Waals surface area contributed by atoms with Crippen LogP contribution in [-0.2, 0) is 0 Å². The molecule has 0 bridgehead atoms. The number of aryl methyl sites for hydroxylation is 1. The SMILES string of the molecule is Cc1cnc(C(NC(=O)Nc2cccc(Nc3ccccc3)n2)C2CC2)s1. The third kappa shape index (κ3) is 4.62. The number of nitrogens with zero attached hydrogens (tertiary/aromatic N) is 2. The van der Waals surface area contributed by atoms with Gasteiger partial charge in [-0.05, 0) is 49.9 Å². The lowest BCUT2D eigenvalue weighted by Crippen LogP contribution is -2.33. The predicted octanol–water partition coefficient (Wildman–Crippen LogP) is 4.86. The van der Waals surface area contributed by atoms with E-state index in [9.17, 15) is 4.79 Å². The van der Waals surface area contributed by atoms with Crippen molar-refractivity contribution in [1.82, 2.24) is 15.3 Å². The molecule has 0 radical (unpaired) electrons. The number of para-hydroxylation sites is 1. The summed E-state index contributed by atoms with van der Waals surface area (Å²) in [6.07, 6.45) is 4.10.